The number of fused-ring (bicyclic) bond motifs is 1. The lowest BCUT2D eigenvalue weighted by Gasteiger charge is -2.18. The van der Waals surface area contributed by atoms with E-state index in [-0.39, 0.29) is 12.5 Å². The van der Waals surface area contributed by atoms with Crippen LogP contribution in [0.3, 0.4) is 0 Å². The average molecular weight is 465 g/mol. The lowest BCUT2D eigenvalue weighted by molar-refractivity contribution is -0.0528. The Balaban J connectivity index is 1.68. The molecule has 0 unspecified atom stereocenters. The number of halogens is 2. The van der Waals surface area contributed by atoms with Gasteiger partial charge in [0.2, 0.25) is 5.88 Å². The predicted molar refractivity (Wildman–Crippen MR) is 120 cm³/mol. The maximum absolute atomic E-state index is 12.8. The van der Waals surface area contributed by atoms with Crippen molar-refractivity contribution >= 4 is 17.2 Å². The van der Waals surface area contributed by atoms with Crippen LogP contribution in [0.5, 0.6) is 11.6 Å². The van der Waals surface area contributed by atoms with Crippen molar-refractivity contribution in [2.75, 3.05) is 11.9 Å². The van der Waals surface area contributed by atoms with E-state index in [4.69, 9.17) is 4.74 Å². The maximum atomic E-state index is 12.8. The molecule has 0 bridgehead atoms. The number of rotatable bonds is 8. The summed E-state index contributed by atoms with van der Waals surface area (Å²) in [6, 6.07) is 10.7. The lowest BCUT2D eigenvalue weighted by Crippen LogP contribution is -2.19. The molecular formula is C23H21F2N7O2. The molecule has 0 aliphatic heterocycles. The van der Waals surface area contributed by atoms with Gasteiger partial charge < -0.3 is 14.8 Å². The van der Waals surface area contributed by atoms with E-state index in [1.807, 2.05) is 12.1 Å². The lowest BCUT2D eigenvalue weighted by atomic mass is 9.97. The smallest absolute Gasteiger partial charge is 0.388 e. The molecule has 0 fully saturated rings. The van der Waals surface area contributed by atoms with Gasteiger partial charge in [-0.1, -0.05) is 0 Å². The van der Waals surface area contributed by atoms with Gasteiger partial charge in [0.05, 0.1) is 23.2 Å². The molecule has 0 atom stereocenters. The van der Waals surface area contributed by atoms with Crippen LogP contribution in [0.2, 0.25) is 0 Å². The van der Waals surface area contributed by atoms with E-state index in [2.05, 4.69) is 36.2 Å². The molecule has 0 radical (unpaired) electrons. The third kappa shape index (κ3) is 5.35. The van der Waals surface area contributed by atoms with Gasteiger partial charge in [0.1, 0.15) is 24.0 Å². The molecule has 0 amide bonds. The van der Waals surface area contributed by atoms with E-state index in [1.54, 1.807) is 49.8 Å². The fraction of sp³-hybridized carbons (Fsp3) is 0.261. The normalized spacial score (nSPS) is 11.4. The van der Waals surface area contributed by atoms with Crippen LogP contribution in [0.1, 0.15) is 19.7 Å². The van der Waals surface area contributed by atoms with Gasteiger partial charge in [-0.3, -0.25) is 0 Å². The summed E-state index contributed by atoms with van der Waals surface area (Å²) in [5.74, 6) is 1.90. The van der Waals surface area contributed by atoms with Crippen molar-refractivity contribution in [2.45, 2.75) is 27.4 Å². The second-order valence-corrected chi connectivity index (χ2v) is 8.11. The Bertz CT molecular complexity index is 1370. The third-order valence-corrected chi connectivity index (χ3v) is 4.75. The second kappa shape index (κ2) is 9.27. The summed E-state index contributed by atoms with van der Waals surface area (Å²) in [5, 5.41) is 16.9. The zero-order valence-corrected chi connectivity index (χ0v) is 18.7. The highest BCUT2D eigenvalue weighted by molar-refractivity contribution is 5.75. The zero-order valence-electron chi connectivity index (χ0n) is 18.7. The van der Waals surface area contributed by atoms with Crippen LogP contribution in [-0.2, 0) is 0 Å². The Kier molecular flexibility index (Phi) is 6.23. The van der Waals surface area contributed by atoms with Crippen LogP contribution < -0.4 is 14.8 Å². The number of nitrogens with one attached hydrogen (secondary N) is 1. The minimum atomic E-state index is -3.01. The van der Waals surface area contributed by atoms with Crippen LogP contribution in [0.25, 0.3) is 16.6 Å². The van der Waals surface area contributed by atoms with Crippen molar-refractivity contribution in [1.82, 2.24) is 24.6 Å². The quantitative estimate of drug-likeness (QED) is 0.396. The van der Waals surface area contributed by atoms with Gasteiger partial charge in [-0.2, -0.15) is 19.1 Å². The molecule has 4 aromatic heterocycles. The maximum Gasteiger partial charge on any atom is 0.388 e. The Morgan fingerprint density at radius 3 is 2.74 bits per heavy atom. The zero-order chi connectivity index (χ0) is 24.3. The Morgan fingerprint density at radius 1 is 1.18 bits per heavy atom. The number of nitrogens with zero attached hydrogens (tertiary/aromatic N) is 6. The van der Waals surface area contributed by atoms with Gasteiger partial charge in [-0.25, -0.2) is 19.5 Å². The first kappa shape index (κ1) is 22.8. The highest BCUT2D eigenvalue weighted by Gasteiger charge is 2.20. The Morgan fingerprint density at radius 2 is 2.00 bits per heavy atom. The van der Waals surface area contributed by atoms with Crippen molar-refractivity contribution < 1.29 is 18.3 Å². The summed E-state index contributed by atoms with van der Waals surface area (Å²) in [6.07, 6.45) is 4.69. The molecule has 0 aliphatic carbocycles. The van der Waals surface area contributed by atoms with Crippen molar-refractivity contribution in [3.05, 3.63) is 54.7 Å². The monoisotopic (exact) mass is 465 g/mol. The molecule has 174 valence electrons. The number of aryl methyl sites for hydroxylation is 1. The molecule has 0 spiro atoms. The molecule has 34 heavy (non-hydrogen) atoms. The number of pyridine rings is 2. The van der Waals surface area contributed by atoms with Crippen LogP contribution in [0.4, 0.5) is 20.4 Å². The van der Waals surface area contributed by atoms with Crippen LogP contribution in [0.15, 0.2) is 48.9 Å². The van der Waals surface area contributed by atoms with Gasteiger partial charge >= 0.3 is 6.61 Å². The van der Waals surface area contributed by atoms with Crippen molar-refractivity contribution in [2.24, 2.45) is 5.41 Å². The van der Waals surface area contributed by atoms with Gasteiger partial charge in [-0.15, -0.1) is 0 Å². The summed E-state index contributed by atoms with van der Waals surface area (Å²) in [5.41, 5.74) is 1.15. The summed E-state index contributed by atoms with van der Waals surface area (Å²) in [6.45, 7) is 2.34. The first-order valence-corrected chi connectivity index (χ1v) is 10.3. The molecule has 0 saturated heterocycles. The molecule has 0 aliphatic rings. The number of nitriles is 1. The highest BCUT2D eigenvalue weighted by atomic mass is 19.3. The van der Waals surface area contributed by atoms with Gasteiger partial charge in [0.15, 0.2) is 5.82 Å². The van der Waals surface area contributed by atoms with Gasteiger partial charge in [-0.05, 0) is 44.5 Å². The molecule has 9 nitrogen and oxygen atoms in total. The van der Waals surface area contributed by atoms with Crippen molar-refractivity contribution in [3.63, 3.8) is 0 Å². The standard InChI is InChI=1S/C23H21F2N7O2/c1-14-27-6-4-19(29-14)30-20-9-16-8-15(5-7-32(16)31-20)17-10-21(34-22(24)25)28-11-18(17)33-13-23(2,3)12-26/h4-11,22H,13H2,1-3H3,(H,27,29,30,31). The van der Waals surface area contributed by atoms with Crippen molar-refractivity contribution in [3.8, 4) is 28.8 Å². The average Bonchev–Trinajstić information content (AvgIpc) is 3.19. The minimum absolute atomic E-state index is 0.0918. The van der Waals surface area contributed by atoms with E-state index in [1.165, 1.54) is 12.3 Å². The molecule has 0 aromatic carbocycles. The molecule has 4 heterocycles. The molecular weight excluding hydrogens is 444 g/mol. The molecule has 1 N–H and O–H groups in total. The summed E-state index contributed by atoms with van der Waals surface area (Å²) < 4.78 is 37.5. The van der Waals surface area contributed by atoms with E-state index in [9.17, 15) is 14.0 Å². The van der Waals surface area contributed by atoms with Crippen LogP contribution in [0, 0.1) is 23.7 Å². The molecule has 0 saturated carbocycles. The Labute approximate surface area is 194 Å². The second-order valence-electron chi connectivity index (χ2n) is 8.11. The number of ether oxygens (including phenoxy) is 2. The number of hydrogen-bond acceptors (Lipinski definition) is 8. The molecule has 4 aromatic rings. The molecule has 4 rings (SSSR count). The third-order valence-electron chi connectivity index (χ3n) is 4.75. The van der Waals surface area contributed by atoms with Crippen molar-refractivity contribution in [1.29, 1.82) is 5.26 Å². The minimum Gasteiger partial charge on any atom is -0.490 e. The SMILES string of the molecule is Cc1nccc(Nc2cc3cc(-c4cc(OC(F)F)ncc4OCC(C)(C)C#N)ccn3n2)n1. The number of alkyl halides is 2. The van der Waals surface area contributed by atoms with E-state index >= 15 is 0 Å². The van der Waals surface area contributed by atoms with Crippen LogP contribution in [-0.4, -0.2) is 37.8 Å². The van der Waals surface area contributed by atoms with E-state index in [0.717, 1.165) is 5.52 Å². The molecule has 11 heteroatoms. The number of hydrogen-bond donors (Lipinski definition) is 1. The first-order valence-electron chi connectivity index (χ1n) is 10.3. The number of aromatic nitrogens is 5. The van der Waals surface area contributed by atoms with Crippen LogP contribution >= 0.6 is 0 Å². The van der Waals surface area contributed by atoms with E-state index in [0.29, 0.717) is 34.3 Å². The topological polar surface area (TPSA) is 110 Å². The predicted octanol–water partition coefficient (Wildman–Crippen LogP) is 4.77. The van der Waals surface area contributed by atoms with Gasteiger partial charge in [0, 0.05) is 30.1 Å². The number of anilines is 2. The van der Waals surface area contributed by atoms with Gasteiger partial charge in [0.25, 0.3) is 0 Å². The summed E-state index contributed by atoms with van der Waals surface area (Å²) in [7, 11) is 0. The fourth-order valence-electron chi connectivity index (χ4n) is 3.09. The first-order chi connectivity index (χ1) is 16.2. The Hall–Kier alpha value is -4.33. The fourth-order valence-corrected chi connectivity index (χ4v) is 3.09. The largest absolute Gasteiger partial charge is 0.490 e. The van der Waals surface area contributed by atoms with E-state index < -0.39 is 12.0 Å². The summed E-state index contributed by atoms with van der Waals surface area (Å²) in [4.78, 5) is 12.3. The highest BCUT2D eigenvalue weighted by Crippen LogP contribution is 2.34. The summed E-state index contributed by atoms with van der Waals surface area (Å²) >= 11 is 0.